The number of nitrogens with two attached hydrogens (primary N) is 2. The highest BCUT2D eigenvalue weighted by Gasteiger charge is 2.20. The molecule has 0 saturated carbocycles. The fourth-order valence-corrected chi connectivity index (χ4v) is 4.07. The van der Waals surface area contributed by atoms with Crippen LogP contribution in [0.25, 0.3) is 34.3 Å². The van der Waals surface area contributed by atoms with Crippen LogP contribution in [-0.2, 0) is 9.84 Å². The van der Waals surface area contributed by atoms with E-state index in [1.165, 1.54) is 18.3 Å². The first-order valence-electron chi connectivity index (χ1n) is 9.92. The minimum atomic E-state index is -3.37. The first-order chi connectivity index (χ1) is 15.7. The number of hydrogen-bond acceptors (Lipinski definition) is 9. The lowest BCUT2D eigenvalue weighted by Gasteiger charge is -2.09. The van der Waals surface area contributed by atoms with E-state index in [1.807, 2.05) is 0 Å². The molecule has 10 nitrogen and oxygen atoms in total. The molecule has 4 aromatic rings. The number of nitrogens with one attached hydrogen (secondary N) is 1. The monoisotopic (exact) mass is 473 g/mol. The highest BCUT2D eigenvalue weighted by molar-refractivity contribution is 7.92. The molecule has 0 spiro atoms. The van der Waals surface area contributed by atoms with E-state index in [9.17, 15) is 8.42 Å². The molecule has 0 fully saturated rings. The lowest BCUT2D eigenvalue weighted by molar-refractivity contribution is 0.582. The van der Waals surface area contributed by atoms with Gasteiger partial charge in [-0.15, -0.1) is 10.2 Å². The van der Waals surface area contributed by atoms with E-state index in [0.29, 0.717) is 22.4 Å². The molecule has 0 aliphatic rings. The van der Waals surface area contributed by atoms with Crippen molar-refractivity contribution >= 4 is 21.5 Å². The smallest absolute Gasteiger partial charge is 0.270 e. The number of amidine groups is 1. The topological polar surface area (TPSA) is 175 Å². The number of benzene rings is 2. The van der Waals surface area contributed by atoms with Gasteiger partial charge < -0.3 is 15.9 Å². The summed E-state index contributed by atoms with van der Waals surface area (Å²) in [6.07, 6.45) is 1.49. The molecule has 0 bridgehead atoms. The number of nitrogen functional groups attached to an aromatic ring is 2. The summed E-state index contributed by atoms with van der Waals surface area (Å²) in [6, 6.07) is 13.2. The maximum Gasteiger partial charge on any atom is 0.270 e. The van der Waals surface area contributed by atoms with Gasteiger partial charge in [0.05, 0.1) is 22.0 Å². The Morgan fingerprint density at radius 3 is 2.21 bits per heavy atom. The van der Waals surface area contributed by atoms with E-state index in [1.54, 1.807) is 50.2 Å². The average molecular weight is 474 g/mol. The predicted molar refractivity (Wildman–Crippen MR) is 135 cm³/mol. The van der Waals surface area contributed by atoms with E-state index >= 15 is 0 Å². The predicted octanol–water partition coefficient (Wildman–Crippen LogP) is 4.14. The molecule has 2 aromatic carbocycles. The Morgan fingerprint density at radius 2 is 1.61 bits per heavy atom. The SMILES string of the molecule is CC(C)S(=O)(=O)c1ccc(-c2cnc(N)c(-c3nnc(-c4ccc(C(=N)N)cc4)o3)n2)cc1.[HH].[HH].[HH].[HH].[HH]. The van der Waals surface area contributed by atoms with Gasteiger partial charge in [0.15, 0.2) is 21.3 Å². The van der Waals surface area contributed by atoms with Gasteiger partial charge in [0, 0.05) is 23.8 Å². The van der Waals surface area contributed by atoms with Crippen LogP contribution in [-0.4, -0.2) is 39.7 Å². The van der Waals surface area contributed by atoms with Crippen LogP contribution in [0, 0.1) is 5.41 Å². The largest absolute Gasteiger partial charge is 0.414 e. The van der Waals surface area contributed by atoms with E-state index in [4.69, 9.17) is 21.3 Å². The number of hydrogen-bond donors (Lipinski definition) is 3. The van der Waals surface area contributed by atoms with Crippen molar-refractivity contribution in [3.63, 3.8) is 0 Å². The lowest BCUT2D eigenvalue weighted by Crippen LogP contribution is -2.13. The highest BCUT2D eigenvalue weighted by atomic mass is 32.2. The third-order valence-electron chi connectivity index (χ3n) is 4.97. The summed E-state index contributed by atoms with van der Waals surface area (Å²) in [4.78, 5) is 8.92. The molecule has 33 heavy (non-hydrogen) atoms. The second-order valence-corrected chi connectivity index (χ2v) is 10.0. The zero-order chi connectivity index (χ0) is 23.8. The zero-order valence-electron chi connectivity index (χ0n) is 17.9. The van der Waals surface area contributed by atoms with Crippen molar-refractivity contribution in [3.05, 3.63) is 60.3 Å². The van der Waals surface area contributed by atoms with Crippen molar-refractivity contribution in [2.45, 2.75) is 24.0 Å². The number of sulfone groups is 1. The summed E-state index contributed by atoms with van der Waals surface area (Å²) in [5.41, 5.74) is 14.0. The van der Waals surface area contributed by atoms with Gasteiger partial charge in [0.25, 0.3) is 5.89 Å². The highest BCUT2D eigenvalue weighted by Crippen LogP contribution is 2.28. The Labute approximate surface area is 197 Å². The molecule has 11 heteroatoms. The minimum absolute atomic E-state index is 0. The normalized spacial score (nSPS) is 11.6. The van der Waals surface area contributed by atoms with Crippen LogP contribution in [0.4, 0.5) is 5.82 Å². The van der Waals surface area contributed by atoms with Crippen LogP contribution in [0.15, 0.2) is 64.0 Å². The number of nitrogens with zero attached hydrogens (tertiary/aromatic N) is 4. The summed E-state index contributed by atoms with van der Waals surface area (Å²) >= 11 is 0. The van der Waals surface area contributed by atoms with E-state index in [-0.39, 0.29) is 41.2 Å². The molecule has 0 amide bonds. The van der Waals surface area contributed by atoms with Gasteiger partial charge >= 0.3 is 0 Å². The molecular weight excluding hydrogens is 442 g/mol. The maximum absolute atomic E-state index is 12.3. The van der Waals surface area contributed by atoms with Crippen molar-refractivity contribution in [1.82, 2.24) is 20.2 Å². The van der Waals surface area contributed by atoms with Crippen molar-refractivity contribution in [1.29, 1.82) is 5.41 Å². The van der Waals surface area contributed by atoms with Crippen molar-refractivity contribution < 1.29 is 20.0 Å². The number of anilines is 1. The number of aromatic nitrogens is 4. The molecule has 0 atom stereocenters. The molecule has 0 saturated heterocycles. The summed E-state index contributed by atoms with van der Waals surface area (Å²) in [5.74, 6) is 0.406. The van der Waals surface area contributed by atoms with Gasteiger partial charge in [-0.2, -0.15) is 0 Å². The fraction of sp³-hybridized carbons (Fsp3) is 0.136. The molecule has 2 heterocycles. The Morgan fingerprint density at radius 1 is 1.00 bits per heavy atom. The summed E-state index contributed by atoms with van der Waals surface area (Å²) in [7, 11) is -3.37. The van der Waals surface area contributed by atoms with Gasteiger partial charge in [-0.3, -0.25) is 5.41 Å². The van der Waals surface area contributed by atoms with Gasteiger partial charge in [-0.25, -0.2) is 18.4 Å². The number of rotatable bonds is 6. The van der Waals surface area contributed by atoms with Crippen LogP contribution in [0.3, 0.4) is 0 Å². The molecule has 0 radical (unpaired) electrons. The van der Waals surface area contributed by atoms with E-state index in [2.05, 4.69) is 20.2 Å². The third kappa shape index (κ3) is 4.30. The average Bonchev–Trinajstić information content (AvgIpc) is 3.29. The van der Waals surface area contributed by atoms with E-state index in [0.717, 1.165) is 0 Å². The Hall–Kier alpha value is -4.12. The second kappa shape index (κ2) is 8.43. The van der Waals surface area contributed by atoms with Crippen LogP contribution < -0.4 is 11.5 Å². The molecule has 0 aliphatic carbocycles. The molecule has 178 valence electrons. The molecule has 2 aromatic heterocycles. The lowest BCUT2D eigenvalue weighted by atomic mass is 10.1. The second-order valence-electron chi connectivity index (χ2n) is 7.51. The molecule has 0 unspecified atom stereocenters. The minimum Gasteiger partial charge on any atom is -0.414 e. The fourth-order valence-electron chi connectivity index (χ4n) is 3.01. The van der Waals surface area contributed by atoms with Crippen molar-refractivity contribution in [2.24, 2.45) is 5.73 Å². The van der Waals surface area contributed by atoms with Crippen LogP contribution >= 0.6 is 0 Å². The standard InChI is InChI=1S/C22H21N7O3S.5H2/c1-12(2)33(30,31)16-9-7-13(8-10-16)17-11-26-20(25)18(27-17)22-29-28-21(32-22)15-5-3-14(4-6-15)19(23)24;;;;;/h3-12H,1-2H3,(H3,23,24)(H2,25,26);5*1H. The zero-order valence-corrected chi connectivity index (χ0v) is 18.7. The van der Waals surface area contributed by atoms with Gasteiger partial charge in [0.1, 0.15) is 5.84 Å². The van der Waals surface area contributed by atoms with Crippen molar-refractivity contribution in [3.8, 4) is 34.3 Å². The maximum atomic E-state index is 12.3. The molecule has 4 rings (SSSR count). The Bertz CT molecular complexity index is 1450. The van der Waals surface area contributed by atoms with Crippen LogP contribution in [0.5, 0.6) is 0 Å². The molecule has 5 N–H and O–H groups in total. The first-order valence-corrected chi connectivity index (χ1v) is 11.5. The van der Waals surface area contributed by atoms with E-state index < -0.39 is 15.1 Å². The van der Waals surface area contributed by atoms with Crippen LogP contribution in [0.2, 0.25) is 0 Å². The quantitative estimate of drug-likeness (QED) is 0.274. The van der Waals surface area contributed by atoms with Crippen LogP contribution in [0.1, 0.15) is 26.5 Å². The third-order valence-corrected chi connectivity index (χ3v) is 7.14. The summed E-state index contributed by atoms with van der Waals surface area (Å²) in [6.45, 7) is 3.27. The summed E-state index contributed by atoms with van der Waals surface area (Å²) in [5, 5.41) is 15.0. The molecule has 0 aliphatic heterocycles. The molecular formula is C22H31N7O3S. The first kappa shape index (κ1) is 22.1. The van der Waals surface area contributed by atoms with Gasteiger partial charge in [-0.1, -0.05) is 24.3 Å². The summed E-state index contributed by atoms with van der Waals surface area (Å²) < 4.78 is 30.4. The van der Waals surface area contributed by atoms with Gasteiger partial charge in [-0.05, 0) is 38.1 Å². The Kier molecular flexibility index (Phi) is 5.64. The van der Waals surface area contributed by atoms with Crippen molar-refractivity contribution in [2.75, 3.05) is 5.73 Å². The van der Waals surface area contributed by atoms with Gasteiger partial charge in [0.2, 0.25) is 5.89 Å². The Balaban J connectivity index is 0.